The zero-order chi connectivity index (χ0) is 14.0. The van der Waals surface area contributed by atoms with E-state index in [0.29, 0.717) is 13.1 Å². The Morgan fingerprint density at radius 1 is 1.32 bits per heavy atom. The van der Waals surface area contributed by atoms with E-state index in [1.807, 2.05) is 6.07 Å². The van der Waals surface area contributed by atoms with E-state index in [4.69, 9.17) is 0 Å². The molecule has 4 nitrogen and oxygen atoms in total. The van der Waals surface area contributed by atoms with Gasteiger partial charge in [-0.2, -0.15) is 4.31 Å². The van der Waals surface area contributed by atoms with E-state index in [1.165, 1.54) is 11.3 Å². The summed E-state index contributed by atoms with van der Waals surface area (Å²) in [7, 11) is -3.06. The molecule has 1 atom stereocenters. The van der Waals surface area contributed by atoms with Crippen LogP contribution in [-0.4, -0.2) is 44.2 Å². The van der Waals surface area contributed by atoms with Crippen LogP contribution in [0.4, 0.5) is 5.69 Å². The van der Waals surface area contributed by atoms with Crippen LogP contribution in [0.1, 0.15) is 19.4 Å². The van der Waals surface area contributed by atoms with E-state index in [-0.39, 0.29) is 11.8 Å². The fourth-order valence-electron chi connectivity index (χ4n) is 2.55. The predicted molar refractivity (Wildman–Crippen MR) is 79.0 cm³/mol. The Morgan fingerprint density at radius 2 is 2.05 bits per heavy atom. The molecule has 0 radical (unpaired) electrons. The van der Waals surface area contributed by atoms with E-state index in [0.717, 1.165) is 6.54 Å². The largest absolute Gasteiger partial charge is 0.366 e. The molecule has 0 saturated carbocycles. The number of piperazine rings is 1. The lowest BCUT2D eigenvalue weighted by atomic mass is 10.1. The Hall–Kier alpha value is -1.07. The summed E-state index contributed by atoms with van der Waals surface area (Å²) >= 11 is 0. The zero-order valence-electron chi connectivity index (χ0n) is 11.8. The highest BCUT2D eigenvalue weighted by Crippen LogP contribution is 2.22. The molecule has 1 unspecified atom stereocenters. The Morgan fingerprint density at radius 3 is 2.63 bits per heavy atom. The van der Waals surface area contributed by atoms with Gasteiger partial charge >= 0.3 is 0 Å². The normalized spacial score (nSPS) is 21.6. The summed E-state index contributed by atoms with van der Waals surface area (Å²) in [6.07, 6.45) is 0. The van der Waals surface area contributed by atoms with Gasteiger partial charge in [-0.1, -0.05) is 12.1 Å². The summed E-state index contributed by atoms with van der Waals surface area (Å²) in [6.45, 7) is 7.76. The molecule has 0 bridgehead atoms. The van der Waals surface area contributed by atoms with Gasteiger partial charge in [-0.05, 0) is 38.5 Å². The molecule has 1 aliphatic heterocycles. The summed E-state index contributed by atoms with van der Waals surface area (Å²) < 4.78 is 25.4. The molecule has 1 fully saturated rings. The maximum absolute atomic E-state index is 11.9. The van der Waals surface area contributed by atoms with Crippen molar-refractivity contribution in [2.45, 2.75) is 26.8 Å². The van der Waals surface area contributed by atoms with Crippen LogP contribution in [0.5, 0.6) is 0 Å². The number of rotatable bonds is 3. The maximum Gasteiger partial charge on any atom is 0.213 e. The highest BCUT2D eigenvalue weighted by Gasteiger charge is 2.30. The third-order valence-electron chi connectivity index (χ3n) is 3.68. The minimum absolute atomic E-state index is 0.185. The first kappa shape index (κ1) is 14.3. The number of anilines is 1. The first-order valence-electron chi connectivity index (χ1n) is 6.75. The van der Waals surface area contributed by atoms with Gasteiger partial charge < -0.3 is 4.90 Å². The van der Waals surface area contributed by atoms with E-state index in [2.05, 4.69) is 36.9 Å². The van der Waals surface area contributed by atoms with Crippen molar-refractivity contribution in [2.75, 3.05) is 30.3 Å². The van der Waals surface area contributed by atoms with Gasteiger partial charge in [-0.15, -0.1) is 0 Å². The Balaban J connectivity index is 2.13. The van der Waals surface area contributed by atoms with Crippen LogP contribution >= 0.6 is 0 Å². The summed E-state index contributed by atoms with van der Waals surface area (Å²) in [5.41, 5.74) is 2.41. The molecule has 1 aliphatic rings. The first-order valence-corrected chi connectivity index (χ1v) is 8.36. The quantitative estimate of drug-likeness (QED) is 0.849. The number of benzene rings is 1. The molecular formula is C14H22N2O2S. The second-order valence-corrected chi connectivity index (χ2v) is 7.40. The van der Waals surface area contributed by atoms with Gasteiger partial charge in [0.05, 0.1) is 5.75 Å². The van der Waals surface area contributed by atoms with Gasteiger partial charge in [-0.3, -0.25) is 0 Å². The molecule has 106 valence electrons. The minimum Gasteiger partial charge on any atom is -0.366 e. The molecule has 19 heavy (non-hydrogen) atoms. The fraction of sp³-hybridized carbons (Fsp3) is 0.571. The molecule has 0 spiro atoms. The number of sulfonamides is 1. The number of nitrogens with zero attached hydrogens (tertiary/aromatic N) is 2. The molecule has 1 aromatic carbocycles. The van der Waals surface area contributed by atoms with Crippen LogP contribution in [0.2, 0.25) is 0 Å². The third kappa shape index (κ3) is 3.09. The molecule has 0 amide bonds. The first-order chi connectivity index (χ1) is 8.94. The van der Waals surface area contributed by atoms with Crippen LogP contribution in [-0.2, 0) is 10.0 Å². The van der Waals surface area contributed by atoms with Crippen LogP contribution in [0.3, 0.4) is 0 Å². The zero-order valence-corrected chi connectivity index (χ0v) is 12.7. The molecule has 0 N–H and O–H groups in total. The fourth-order valence-corrected chi connectivity index (χ4v) is 3.72. The van der Waals surface area contributed by atoms with Gasteiger partial charge in [0.25, 0.3) is 0 Å². The van der Waals surface area contributed by atoms with E-state index in [9.17, 15) is 8.42 Å². The second kappa shape index (κ2) is 5.51. The van der Waals surface area contributed by atoms with E-state index in [1.54, 1.807) is 11.2 Å². The molecule has 1 saturated heterocycles. The Labute approximate surface area is 116 Å². The van der Waals surface area contributed by atoms with Crippen molar-refractivity contribution in [3.8, 4) is 0 Å². The highest BCUT2D eigenvalue weighted by atomic mass is 32.2. The average molecular weight is 282 g/mol. The van der Waals surface area contributed by atoms with Crippen molar-refractivity contribution in [3.63, 3.8) is 0 Å². The highest BCUT2D eigenvalue weighted by molar-refractivity contribution is 7.89. The van der Waals surface area contributed by atoms with Crippen molar-refractivity contribution < 1.29 is 8.42 Å². The number of aryl methyl sites for hydroxylation is 1. The second-order valence-electron chi connectivity index (χ2n) is 5.14. The Kier molecular flexibility index (Phi) is 4.16. The maximum atomic E-state index is 11.9. The van der Waals surface area contributed by atoms with Crippen molar-refractivity contribution in [2.24, 2.45) is 0 Å². The number of hydrogen-bond donors (Lipinski definition) is 0. The molecule has 5 heteroatoms. The lowest BCUT2D eigenvalue weighted by Gasteiger charge is -2.40. The molecule has 2 rings (SSSR count). The third-order valence-corrected chi connectivity index (χ3v) is 5.53. The van der Waals surface area contributed by atoms with Crippen LogP contribution in [0.25, 0.3) is 0 Å². The summed E-state index contributed by atoms with van der Waals surface area (Å²) in [5, 5.41) is 0. The minimum atomic E-state index is -3.06. The van der Waals surface area contributed by atoms with Crippen molar-refractivity contribution in [1.82, 2.24) is 4.31 Å². The summed E-state index contributed by atoms with van der Waals surface area (Å²) in [4.78, 5) is 2.29. The lowest BCUT2D eigenvalue weighted by Crippen LogP contribution is -2.54. The van der Waals surface area contributed by atoms with E-state index < -0.39 is 10.0 Å². The van der Waals surface area contributed by atoms with Gasteiger partial charge in [0.1, 0.15) is 0 Å². The van der Waals surface area contributed by atoms with Gasteiger partial charge in [-0.25, -0.2) is 8.42 Å². The van der Waals surface area contributed by atoms with Gasteiger partial charge in [0.15, 0.2) is 0 Å². The monoisotopic (exact) mass is 282 g/mol. The lowest BCUT2D eigenvalue weighted by molar-refractivity contribution is 0.343. The SMILES string of the molecule is CCS(=O)(=O)N1CCN(c2cccc(C)c2)C(C)C1. The van der Waals surface area contributed by atoms with Crippen molar-refractivity contribution in [1.29, 1.82) is 0 Å². The molecule has 1 heterocycles. The van der Waals surface area contributed by atoms with Crippen molar-refractivity contribution >= 4 is 15.7 Å². The molecular weight excluding hydrogens is 260 g/mol. The van der Waals surface area contributed by atoms with Crippen LogP contribution in [0.15, 0.2) is 24.3 Å². The van der Waals surface area contributed by atoms with Crippen molar-refractivity contribution in [3.05, 3.63) is 29.8 Å². The summed E-state index contributed by atoms with van der Waals surface area (Å²) in [6, 6.07) is 8.57. The van der Waals surface area contributed by atoms with Crippen LogP contribution in [0, 0.1) is 6.92 Å². The smallest absolute Gasteiger partial charge is 0.213 e. The summed E-state index contributed by atoms with van der Waals surface area (Å²) in [5.74, 6) is 0.185. The molecule has 0 aliphatic carbocycles. The topological polar surface area (TPSA) is 40.6 Å². The molecule has 0 aromatic heterocycles. The average Bonchev–Trinajstić information content (AvgIpc) is 2.38. The Bertz CT molecular complexity index is 542. The van der Waals surface area contributed by atoms with Gasteiger partial charge in [0.2, 0.25) is 10.0 Å². The van der Waals surface area contributed by atoms with E-state index >= 15 is 0 Å². The van der Waals surface area contributed by atoms with Crippen LogP contribution < -0.4 is 4.90 Å². The molecule has 1 aromatic rings. The number of hydrogen-bond acceptors (Lipinski definition) is 3. The standard InChI is InChI=1S/C14H22N2O2S/c1-4-19(17,18)15-8-9-16(13(3)11-15)14-7-5-6-12(2)10-14/h5-7,10,13H,4,8-9,11H2,1-3H3. The van der Waals surface area contributed by atoms with Gasteiger partial charge in [0, 0.05) is 31.4 Å². The predicted octanol–water partition coefficient (Wildman–Crippen LogP) is 1.86.